The summed E-state index contributed by atoms with van der Waals surface area (Å²) < 4.78 is 20.0. The van der Waals surface area contributed by atoms with Crippen LogP contribution in [0.25, 0.3) is 10.2 Å². The monoisotopic (exact) mass is 350 g/mol. The lowest BCUT2D eigenvalue weighted by Crippen LogP contribution is -2.42. The molecule has 1 amide bonds. The normalized spacial score (nSPS) is 16.6. The molecular formula is C18H23FN2O2S. The molecule has 1 saturated heterocycles. The molecule has 1 aliphatic heterocycles. The Hall–Kier alpha value is -1.69. The van der Waals surface area contributed by atoms with E-state index in [2.05, 4.69) is 25.8 Å². The number of aromatic nitrogens is 1. The smallest absolute Gasteiger partial charge is 0.274 e. The Labute approximate surface area is 145 Å². The van der Waals surface area contributed by atoms with Crippen molar-refractivity contribution in [3.05, 3.63) is 24.0 Å². The number of hydrogen-bond donors (Lipinski definition) is 0. The Morgan fingerprint density at radius 2 is 2.08 bits per heavy atom. The van der Waals surface area contributed by atoms with Crippen molar-refractivity contribution in [1.29, 1.82) is 0 Å². The maximum absolute atomic E-state index is 13.2. The molecule has 0 atom stereocenters. The van der Waals surface area contributed by atoms with Crippen LogP contribution in [0.15, 0.2) is 18.2 Å². The van der Waals surface area contributed by atoms with Crippen molar-refractivity contribution in [3.63, 3.8) is 0 Å². The van der Waals surface area contributed by atoms with Crippen molar-refractivity contribution in [2.75, 3.05) is 13.1 Å². The quantitative estimate of drug-likeness (QED) is 0.831. The molecule has 6 heteroatoms. The van der Waals surface area contributed by atoms with E-state index < -0.39 is 0 Å². The van der Waals surface area contributed by atoms with Crippen LogP contribution in [-0.4, -0.2) is 35.0 Å². The summed E-state index contributed by atoms with van der Waals surface area (Å²) in [6.07, 6.45) is 2.25. The molecule has 1 aliphatic rings. The molecular weight excluding hydrogens is 327 g/mol. The number of benzene rings is 1. The largest absolute Gasteiger partial charge is 0.467 e. The Balaban J connectivity index is 1.55. The first-order chi connectivity index (χ1) is 11.3. The highest BCUT2D eigenvalue weighted by Crippen LogP contribution is 2.30. The molecule has 0 unspecified atom stereocenters. The number of carbonyl (C=O) groups excluding carboxylic acids is 1. The average molecular weight is 350 g/mol. The molecule has 130 valence electrons. The Kier molecular flexibility index (Phi) is 4.76. The maximum atomic E-state index is 13.2. The number of ether oxygens (including phenoxy) is 1. The summed E-state index contributed by atoms with van der Waals surface area (Å²) >= 11 is 1.37. The molecule has 24 heavy (non-hydrogen) atoms. The molecule has 0 radical (unpaired) electrons. The lowest BCUT2D eigenvalue weighted by atomic mass is 9.91. The minimum absolute atomic E-state index is 0.0146. The van der Waals surface area contributed by atoms with Crippen molar-refractivity contribution in [1.82, 2.24) is 9.88 Å². The minimum Gasteiger partial charge on any atom is -0.467 e. The van der Waals surface area contributed by atoms with E-state index in [0.717, 1.165) is 36.1 Å². The van der Waals surface area contributed by atoms with Crippen LogP contribution in [0.3, 0.4) is 0 Å². The third-order valence-corrected chi connectivity index (χ3v) is 4.98. The molecule has 4 nitrogen and oxygen atoms in total. The summed E-state index contributed by atoms with van der Waals surface area (Å²) in [5, 5.41) is 0.579. The van der Waals surface area contributed by atoms with Crippen LogP contribution in [0.4, 0.5) is 4.39 Å². The van der Waals surface area contributed by atoms with Crippen LogP contribution < -0.4 is 4.74 Å². The van der Waals surface area contributed by atoms with Gasteiger partial charge in [0.25, 0.3) is 5.19 Å². The van der Waals surface area contributed by atoms with Gasteiger partial charge < -0.3 is 9.64 Å². The molecule has 1 aromatic heterocycles. The number of likely N-dealkylation sites (tertiary alicyclic amines) is 1. The van der Waals surface area contributed by atoms with E-state index in [4.69, 9.17) is 4.74 Å². The summed E-state index contributed by atoms with van der Waals surface area (Å²) in [5.74, 6) is -0.0419. The molecule has 1 aromatic carbocycles. The van der Waals surface area contributed by atoms with E-state index in [-0.39, 0.29) is 23.2 Å². The maximum Gasteiger partial charge on any atom is 0.274 e. The molecule has 2 aromatic rings. The van der Waals surface area contributed by atoms with Gasteiger partial charge in [-0.3, -0.25) is 4.79 Å². The van der Waals surface area contributed by atoms with Gasteiger partial charge in [-0.15, -0.1) is 0 Å². The average Bonchev–Trinajstić information content (AvgIpc) is 2.87. The fourth-order valence-electron chi connectivity index (χ4n) is 2.86. The van der Waals surface area contributed by atoms with E-state index >= 15 is 0 Å². The van der Waals surface area contributed by atoms with Crippen LogP contribution in [0.5, 0.6) is 5.19 Å². The second-order valence-corrected chi connectivity index (χ2v) is 8.52. The topological polar surface area (TPSA) is 42.4 Å². The van der Waals surface area contributed by atoms with Crippen LogP contribution in [0, 0.1) is 11.2 Å². The highest BCUT2D eigenvalue weighted by Gasteiger charge is 2.27. The number of thiazole rings is 1. The van der Waals surface area contributed by atoms with Crippen LogP contribution >= 0.6 is 11.3 Å². The van der Waals surface area contributed by atoms with Crippen molar-refractivity contribution in [3.8, 4) is 5.19 Å². The van der Waals surface area contributed by atoms with Crippen molar-refractivity contribution in [2.45, 2.75) is 46.1 Å². The zero-order chi connectivity index (χ0) is 17.3. The number of rotatable bonds is 3. The van der Waals surface area contributed by atoms with Crippen molar-refractivity contribution >= 4 is 27.5 Å². The molecule has 3 rings (SSSR count). The first kappa shape index (κ1) is 17.1. The highest BCUT2D eigenvalue weighted by molar-refractivity contribution is 7.20. The number of fused-ring (bicyclic) bond motifs is 1. The van der Waals surface area contributed by atoms with Gasteiger partial charge >= 0.3 is 0 Å². The zero-order valence-electron chi connectivity index (χ0n) is 14.3. The second-order valence-electron chi connectivity index (χ2n) is 7.53. The number of halogens is 1. The lowest BCUT2D eigenvalue weighted by molar-refractivity contribution is -0.134. The Morgan fingerprint density at radius 3 is 2.75 bits per heavy atom. The Bertz CT molecular complexity index is 730. The lowest BCUT2D eigenvalue weighted by Gasteiger charge is -2.33. The second kappa shape index (κ2) is 6.67. The number of piperidine rings is 1. The molecule has 0 saturated carbocycles. The fraction of sp³-hybridized carbons (Fsp3) is 0.556. The van der Waals surface area contributed by atoms with E-state index in [9.17, 15) is 9.18 Å². The number of nitrogens with zero attached hydrogens (tertiary/aromatic N) is 2. The van der Waals surface area contributed by atoms with Crippen molar-refractivity contribution < 1.29 is 13.9 Å². The SMILES string of the molecule is CC(C)(C)CC(=O)N1CCC(Oc2nc3ccc(F)cc3s2)CC1. The summed E-state index contributed by atoms with van der Waals surface area (Å²) in [6.45, 7) is 7.68. The minimum atomic E-state index is -0.261. The third-order valence-electron chi connectivity index (χ3n) is 4.07. The molecule has 0 N–H and O–H groups in total. The van der Waals surface area contributed by atoms with Crippen molar-refractivity contribution in [2.24, 2.45) is 5.41 Å². The molecule has 1 fully saturated rings. The summed E-state index contributed by atoms with van der Waals surface area (Å²) in [4.78, 5) is 18.6. The van der Waals surface area contributed by atoms with Gasteiger partial charge in [-0.1, -0.05) is 32.1 Å². The first-order valence-electron chi connectivity index (χ1n) is 8.31. The van der Waals surface area contributed by atoms with Gasteiger partial charge in [0.2, 0.25) is 5.91 Å². The van der Waals surface area contributed by atoms with Crippen LogP contribution in [-0.2, 0) is 4.79 Å². The number of hydrogen-bond acceptors (Lipinski definition) is 4. The van der Waals surface area contributed by atoms with Gasteiger partial charge in [0.1, 0.15) is 11.9 Å². The van der Waals surface area contributed by atoms with Gasteiger partial charge in [0, 0.05) is 32.4 Å². The third kappa shape index (κ3) is 4.23. The standard InChI is InChI=1S/C18H23FN2O2S/c1-18(2,3)11-16(22)21-8-6-13(7-9-21)23-17-20-14-5-4-12(19)10-15(14)24-17/h4-5,10,13H,6-9,11H2,1-3H3. The van der Waals surface area contributed by atoms with E-state index in [1.54, 1.807) is 6.07 Å². The predicted molar refractivity (Wildman–Crippen MR) is 93.9 cm³/mol. The van der Waals surface area contributed by atoms with E-state index in [1.807, 2.05) is 4.90 Å². The zero-order valence-corrected chi connectivity index (χ0v) is 15.2. The summed E-state index contributed by atoms with van der Waals surface area (Å²) in [6, 6.07) is 4.56. The van der Waals surface area contributed by atoms with Gasteiger partial charge in [0.05, 0.1) is 10.2 Å². The van der Waals surface area contributed by atoms with Gasteiger partial charge in [0.15, 0.2) is 0 Å². The van der Waals surface area contributed by atoms with E-state index in [0.29, 0.717) is 11.6 Å². The first-order valence-corrected chi connectivity index (χ1v) is 9.12. The van der Waals surface area contributed by atoms with Crippen LogP contribution in [0.2, 0.25) is 0 Å². The highest BCUT2D eigenvalue weighted by atomic mass is 32.1. The van der Waals surface area contributed by atoms with Gasteiger partial charge in [-0.05, 0) is 23.6 Å². The van der Waals surface area contributed by atoms with Gasteiger partial charge in [-0.25, -0.2) is 9.37 Å². The van der Waals surface area contributed by atoms with Gasteiger partial charge in [-0.2, -0.15) is 0 Å². The van der Waals surface area contributed by atoms with E-state index in [1.165, 1.54) is 23.5 Å². The number of amides is 1. The molecule has 0 bridgehead atoms. The Morgan fingerprint density at radius 1 is 1.38 bits per heavy atom. The number of carbonyl (C=O) groups is 1. The molecule has 2 heterocycles. The molecule has 0 aliphatic carbocycles. The fourth-order valence-corrected chi connectivity index (χ4v) is 3.76. The van der Waals surface area contributed by atoms with Crippen LogP contribution in [0.1, 0.15) is 40.0 Å². The summed E-state index contributed by atoms with van der Waals surface area (Å²) in [5.41, 5.74) is 0.773. The predicted octanol–water partition coefficient (Wildman–Crippen LogP) is 4.24. The summed E-state index contributed by atoms with van der Waals surface area (Å²) in [7, 11) is 0. The molecule has 0 spiro atoms.